The highest BCUT2D eigenvalue weighted by atomic mass is 35.5. The maximum Gasteiger partial charge on any atom is 0.255 e. The van der Waals surface area contributed by atoms with E-state index in [1.807, 2.05) is 17.0 Å². The number of carbonyl (C=O) groups excluding carboxylic acids is 1. The zero-order valence-electron chi connectivity index (χ0n) is 17.8. The molecule has 1 saturated heterocycles. The van der Waals surface area contributed by atoms with Crippen molar-refractivity contribution in [3.8, 4) is 11.3 Å². The van der Waals surface area contributed by atoms with Gasteiger partial charge in [-0.2, -0.15) is 0 Å². The first-order chi connectivity index (χ1) is 14.8. The number of benzene rings is 2. The van der Waals surface area contributed by atoms with Crippen LogP contribution in [0, 0.1) is 20.8 Å². The van der Waals surface area contributed by atoms with Gasteiger partial charge < -0.3 is 9.80 Å². The number of hydrogen-bond acceptors (Lipinski definition) is 4. The molecule has 0 bridgehead atoms. The van der Waals surface area contributed by atoms with Crippen LogP contribution in [-0.4, -0.2) is 47.2 Å². The van der Waals surface area contributed by atoms with Crippen molar-refractivity contribution in [2.75, 3.05) is 31.1 Å². The molecule has 4 rings (SSSR count). The second kappa shape index (κ2) is 8.85. The molecule has 1 aromatic heterocycles. The second-order valence-corrected chi connectivity index (χ2v) is 8.78. The minimum atomic E-state index is -0.0760. The first-order valence-electron chi connectivity index (χ1n) is 10.2. The van der Waals surface area contributed by atoms with Gasteiger partial charge in [-0.3, -0.25) is 4.79 Å². The zero-order valence-corrected chi connectivity index (χ0v) is 19.3. The molecule has 0 N–H and O–H groups in total. The standard InChI is InChI=1S/C24H24Cl2N4O/c1-15-12-17(3)20(13-16(15)2)22-6-7-23(28-27-22)29-8-10-30(11-9-29)24(31)19-5-4-18(25)14-21(19)26/h4-7,12-14H,8-11H2,1-3H3. The Balaban J connectivity index is 1.43. The maximum atomic E-state index is 12.8. The average molecular weight is 455 g/mol. The monoisotopic (exact) mass is 454 g/mol. The van der Waals surface area contributed by atoms with E-state index >= 15 is 0 Å². The van der Waals surface area contributed by atoms with Crippen molar-refractivity contribution in [2.24, 2.45) is 0 Å². The van der Waals surface area contributed by atoms with Crippen LogP contribution in [0.4, 0.5) is 5.82 Å². The van der Waals surface area contributed by atoms with Gasteiger partial charge in [0.25, 0.3) is 5.91 Å². The van der Waals surface area contributed by atoms with Crippen LogP contribution >= 0.6 is 23.2 Å². The van der Waals surface area contributed by atoms with Gasteiger partial charge in [-0.15, -0.1) is 10.2 Å². The van der Waals surface area contributed by atoms with Gasteiger partial charge >= 0.3 is 0 Å². The summed E-state index contributed by atoms with van der Waals surface area (Å²) in [6, 6.07) is 13.3. The molecule has 7 heteroatoms. The molecule has 0 unspecified atom stereocenters. The number of carbonyl (C=O) groups is 1. The van der Waals surface area contributed by atoms with E-state index in [-0.39, 0.29) is 5.91 Å². The first kappa shape index (κ1) is 21.6. The molecule has 0 spiro atoms. The summed E-state index contributed by atoms with van der Waals surface area (Å²) in [4.78, 5) is 16.8. The Morgan fingerprint density at radius 2 is 1.55 bits per heavy atom. The van der Waals surface area contributed by atoms with Crippen LogP contribution in [-0.2, 0) is 0 Å². The van der Waals surface area contributed by atoms with E-state index in [0.717, 1.165) is 17.1 Å². The molecule has 0 radical (unpaired) electrons. The molecule has 2 heterocycles. The normalized spacial score (nSPS) is 14.1. The Morgan fingerprint density at radius 3 is 2.19 bits per heavy atom. The predicted molar refractivity (Wildman–Crippen MR) is 126 cm³/mol. The highest BCUT2D eigenvalue weighted by Gasteiger charge is 2.24. The van der Waals surface area contributed by atoms with Gasteiger partial charge in [0.1, 0.15) is 0 Å². The largest absolute Gasteiger partial charge is 0.352 e. The lowest BCUT2D eigenvalue weighted by atomic mass is 9.99. The van der Waals surface area contributed by atoms with Crippen molar-refractivity contribution < 1.29 is 4.79 Å². The third-order valence-corrected chi connectivity index (χ3v) is 6.37. The number of halogens is 2. The molecule has 5 nitrogen and oxygen atoms in total. The molecule has 1 fully saturated rings. The fourth-order valence-corrected chi connectivity index (χ4v) is 4.34. The third-order valence-electron chi connectivity index (χ3n) is 5.82. The summed E-state index contributed by atoms with van der Waals surface area (Å²) in [6.07, 6.45) is 0. The van der Waals surface area contributed by atoms with E-state index in [0.29, 0.717) is 41.8 Å². The highest BCUT2D eigenvalue weighted by molar-refractivity contribution is 6.36. The van der Waals surface area contributed by atoms with Crippen LogP contribution in [0.5, 0.6) is 0 Å². The fourth-order valence-electron chi connectivity index (χ4n) is 3.85. The van der Waals surface area contributed by atoms with Crippen molar-refractivity contribution in [1.29, 1.82) is 0 Å². The number of hydrogen-bond donors (Lipinski definition) is 0. The summed E-state index contributed by atoms with van der Waals surface area (Å²) in [6.45, 7) is 8.89. The molecule has 0 atom stereocenters. The van der Waals surface area contributed by atoms with E-state index in [4.69, 9.17) is 23.2 Å². The van der Waals surface area contributed by atoms with E-state index in [2.05, 4.69) is 48.0 Å². The minimum Gasteiger partial charge on any atom is -0.352 e. The van der Waals surface area contributed by atoms with E-state index in [1.165, 1.54) is 16.7 Å². The van der Waals surface area contributed by atoms with Gasteiger partial charge in [-0.25, -0.2) is 0 Å². The van der Waals surface area contributed by atoms with E-state index < -0.39 is 0 Å². The van der Waals surface area contributed by atoms with Crippen LogP contribution in [0.1, 0.15) is 27.0 Å². The van der Waals surface area contributed by atoms with Gasteiger partial charge in [-0.05, 0) is 73.9 Å². The first-order valence-corrected chi connectivity index (χ1v) is 11.0. The second-order valence-electron chi connectivity index (χ2n) is 7.93. The molecular weight excluding hydrogens is 431 g/mol. The lowest BCUT2D eigenvalue weighted by Crippen LogP contribution is -2.49. The Kier molecular flexibility index (Phi) is 6.17. The van der Waals surface area contributed by atoms with Crippen molar-refractivity contribution in [3.05, 3.63) is 74.8 Å². The summed E-state index contributed by atoms with van der Waals surface area (Å²) in [7, 11) is 0. The molecule has 3 aromatic rings. The third kappa shape index (κ3) is 4.53. The molecule has 0 saturated carbocycles. The zero-order chi connectivity index (χ0) is 22.1. The molecule has 2 aromatic carbocycles. The smallest absolute Gasteiger partial charge is 0.255 e. The molecule has 1 amide bonds. The van der Waals surface area contributed by atoms with Crippen LogP contribution in [0.25, 0.3) is 11.3 Å². The van der Waals surface area contributed by atoms with Crippen LogP contribution in [0.3, 0.4) is 0 Å². The molecule has 31 heavy (non-hydrogen) atoms. The lowest BCUT2D eigenvalue weighted by Gasteiger charge is -2.35. The highest BCUT2D eigenvalue weighted by Crippen LogP contribution is 2.26. The number of aromatic nitrogens is 2. The maximum absolute atomic E-state index is 12.8. The summed E-state index contributed by atoms with van der Waals surface area (Å²) in [5.41, 5.74) is 6.17. The number of rotatable bonds is 3. The number of aryl methyl sites for hydroxylation is 3. The summed E-state index contributed by atoms with van der Waals surface area (Å²) >= 11 is 12.1. The van der Waals surface area contributed by atoms with Gasteiger partial charge in [-0.1, -0.05) is 29.3 Å². The van der Waals surface area contributed by atoms with Gasteiger partial charge in [0.2, 0.25) is 0 Å². The van der Waals surface area contributed by atoms with E-state index in [9.17, 15) is 4.79 Å². The SMILES string of the molecule is Cc1cc(C)c(-c2ccc(N3CCN(C(=O)c4ccc(Cl)cc4Cl)CC3)nn2)cc1C. The summed E-state index contributed by atoms with van der Waals surface area (Å²) in [5.74, 6) is 0.745. The Labute approximate surface area is 192 Å². The van der Waals surface area contributed by atoms with Crippen molar-refractivity contribution in [2.45, 2.75) is 20.8 Å². The van der Waals surface area contributed by atoms with Gasteiger partial charge in [0.05, 0.1) is 16.3 Å². The van der Waals surface area contributed by atoms with Crippen molar-refractivity contribution >= 4 is 34.9 Å². The summed E-state index contributed by atoms with van der Waals surface area (Å²) < 4.78 is 0. The lowest BCUT2D eigenvalue weighted by molar-refractivity contribution is 0.0746. The molecular formula is C24H24Cl2N4O. The van der Waals surface area contributed by atoms with Gasteiger partial charge in [0.15, 0.2) is 5.82 Å². The van der Waals surface area contributed by atoms with Crippen molar-refractivity contribution in [1.82, 2.24) is 15.1 Å². The number of nitrogens with zero attached hydrogens (tertiary/aromatic N) is 4. The van der Waals surface area contributed by atoms with Crippen LogP contribution < -0.4 is 4.90 Å². The Morgan fingerprint density at radius 1 is 0.839 bits per heavy atom. The minimum absolute atomic E-state index is 0.0760. The number of piperazine rings is 1. The quantitative estimate of drug-likeness (QED) is 0.535. The van der Waals surface area contributed by atoms with E-state index in [1.54, 1.807) is 18.2 Å². The topological polar surface area (TPSA) is 49.3 Å². The Bertz CT molecular complexity index is 1120. The molecule has 0 aliphatic carbocycles. The average Bonchev–Trinajstić information content (AvgIpc) is 2.76. The predicted octanol–water partition coefficient (Wildman–Crippen LogP) is 5.34. The molecule has 160 valence electrons. The number of anilines is 1. The Hall–Kier alpha value is -2.63. The summed E-state index contributed by atoms with van der Waals surface area (Å²) in [5, 5.41) is 9.83. The van der Waals surface area contributed by atoms with Crippen LogP contribution in [0.2, 0.25) is 10.0 Å². The molecule has 1 aliphatic rings. The molecule has 1 aliphatic heterocycles. The van der Waals surface area contributed by atoms with Crippen LogP contribution in [0.15, 0.2) is 42.5 Å². The fraction of sp³-hybridized carbons (Fsp3) is 0.292. The number of amides is 1. The van der Waals surface area contributed by atoms with Gasteiger partial charge in [0, 0.05) is 36.8 Å². The van der Waals surface area contributed by atoms with Crippen molar-refractivity contribution in [3.63, 3.8) is 0 Å².